The predicted octanol–water partition coefficient (Wildman–Crippen LogP) is 3.52. The van der Waals surface area contributed by atoms with Crippen LogP contribution >= 0.6 is 0 Å². The molecule has 1 aliphatic rings. The minimum atomic E-state index is -0.772. The number of nitrogens with one attached hydrogen (secondary N) is 1. The number of amides is 1. The van der Waals surface area contributed by atoms with Gasteiger partial charge in [-0.05, 0) is 48.2 Å². The van der Waals surface area contributed by atoms with E-state index in [2.05, 4.69) is 5.32 Å². The molecule has 0 spiro atoms. The van der Waals surface area contributed by atoms with Crippen LogP contribution in [-0.2, 0) is 19.7 Å². The lowest BCUT2D eigenvalue weighted by Gasteiger charge is -2.36. The second-order valence-electron chi connectivity index (χ2n) is 6.69. The summed E-state index contributed by atoms with van der Waals surface area (Å²) in [5.74, 6) is -0.851. The van der Waals surface area contributed by atoms with Crippen molar-refractivity contribution >= 4 is 5.91 Å². The molecule has 0 aromatic heterocycles. The summed E-state index contributed by atoms with van der Waals surface area (Å²) in [6.45, 7) is 1.13. The van der Waals surface area contributed by atoms with Crippen LogP contribution < -0.4 is 5.32 Å². The van der Waals surface area contributed by atoms with Crippen LogP contribution in [0.25, 0.3) is 0 Å². The minimum absolute atomic E-state index is 0.157. The molecule has 1 saturated heterocycles. The summed E-state index contributed by atoms with van der Waals surface area (Å²) < 4.78 is 37.7. The van der Waals surface area contributed by atoms with Crippen LogP contribution in [0.4, 0.5) is 8.78 Å². The zero-order chi connectivity index (χ0) is 19.3. The van der Waals surface area contributed by atoms with Gasteiger partial charge >= 0.3 is 0 Å². The third kappa shape index (κ3) is 4.34. The summed E-state index contributed by atoms with van der Waals surface area (Å²) in [6, 6.07) is 12.2. The number of rotatable bonds is 6. The fourth-order valence-electron chi connectivity index (χ4n) is 3.53. The van der Waals surface area contributed by atoms with E-state index in [1.165, 1.54) is 31.4 Å². The summed E-state index contributed by atoms with van der Waals surface area (Å²) in [6.07, 6.45) is 0.569. The zero-order valence-electron chi connectivity index (χ0n) is 15.2. The minimum Gasteiger partial charge on any atom is -0.381 e. The number of hydrogen-bond donors (Lipinski definition) is 1. The molecule has 1 heterocycles. The molecule has 0 saturated carbocycles. The van der Waals surface area contributed by atoms with E-state index in [0.29, 0.717) is 31.6 Å². The number of carbonyl (C=O) groups is 1. The van der Waals surface area contributed by atoms with Crippen LogP contribution in [0.1, 0.15) is 30.1 Å². The Kier molecular flexibility index (Phi) is 6.19. The maximum absolute atomic E-state index is 13.5. The molecule has 1 fully saturated rings. The molecule has 3 rings (SSSR count). The lowest BCUT2D eigenvalue weighted by atomic mass is 9.73. The van der Waals surface area contributed by atoms with Gasteiger partial charge in [-0.1, -0.05) is 24.3 Å². The molecule has 144 valence electrons. The highest BCUT2D eigenvalue weighted by molar-refractivity contribution is 5.88. The van der Waals surface area contributed by atoms with E-state index >= 15 is 0 Å². The summed E-state index contributed by atoms with van der Waals surface area (Å²) in [5, 5.41) is 2.94. The summed E-state index contributed by atoms with van der Waals surface area (Å²) in [7, 11) is 1.52. The molecule has 2 aromatic rings. The first-order chi connectivity index (χ1) is 13.0. The topological polar surface area (TPSA) is 47.6 Å². The Morgan fingerprint density at radius 2 is 1.85 bits per heavy atom. The average Bonchev–Trinajstić information content (AvgIpc) is 2.69. The van der Waals surface area contributed by atoms with Crippen molar-refractivity contribution in [3.8, 4) is 0 Å². The zero-order valence-corrected chi connectivity index (χ0v) is 15.2. The molecule has 0 bridgehead atoms. The number of methoxy groups -OCH3 is 1. The van der Waals surface area contributed by atoms with Gasteiger partial charge in [0.15, 0.2) is 0 Å². The van der Waals surface area contributed by atoms with Gasteiger partial charge in [0, 0.05) is 26.9 Å². The number of carbonyl (C=O) groups excluding carboxylic acids is 1. The number of hydrogen-bond acceptors (Lipinski definition) is 3. The van der Waals surface area contributed by atoms with Gasteiger partial charge in [0.1, 0.15) is 11.6 Å². The van der Waals surface area contributed by atoms with E-state index in [1.54, 1.807) is 24.3 Å². The number of ether oxygens (including phenoxy) is 2. The molecular weight excluding hydrogens is 352 g/mol. The molecule has 1 N–H and O–H groups in total. The molecule has 27 heavy (non-hydrogen) atoms. The van der Waals surface area contributed by atoms with Crippen LogP contribution in [0.5, 0.6) is 0 Å². The quantitative estimate of drug-likeness (QED) is 0.841. The standard InChI is InChI=1S/C21H23F2NO3/c1-26-19(15-3-2-4-18(23)13-15)14-24-20(25)21(9-11-27-12-10-21)16-5-7-17(22)8-6-16/h2-8,13,19H,9-12,14H2,1H3,(H,24,25). The summed E-state index contributed by atoms with van der Waals surface area (Å²) >= 11 is 0. The Hall–Kier alpha value is -2.31. The van der Waals surface area contributed by atoms with Crippen LogP contribution in [0.2, 0.25) is 0 Å². The van der Waals surface area contributed by atoms with Gasteiger partial charge in [0.25, 0.3) is 0 Å². The van der Waals surface area contributed by atoms with Gasteiger partial charge in [-0.25, -0.2) is 8.78 Å². The Morgan fingerprint density at radius 1 is 1.15 bits per heavy atom. The van der Waals surface area contributed by atoms with E-state index in [9.17, 15) is 13.6 Å². The van der Waals surface area contributed by atoms with Crippen molar-refractivity contribution in [1.29, 1.82) is 0 Å². The van der Waals surface area contributed by atoms with Crippen LogP contribution in [0.3, 0.4) is 0 Å². The second kappa shape index (κ2) is 8.59. The Balaban J connectivity index is 1.77. The number of benzene rings is 2. The average molecular weight is 375 g/mol. The van der Waals surface area contributed by atoms with Crippen molar-refractivity contribution in [3.05, 3.63) is 71.3 Å². The smallest absolute Gasteiger partial charge is 0.230 e. The van der Waals surface area contributed by atoms with E-state index in [4.69, 9.17) is 9.47 Å². The molecule has 1 aliphatic heterocycles. The van der Waals surface area contributed by atoms with Crippen LogP contribution in [0, 0.1) is 11.6 Å². The molecule has 0 radical (unpaired) electrons. The molecule has 1 unspecified atom stereocenters. The van der Waals surface area contributed by atoms with Crippen molar-refractivity contribution in [3.63, 3.8) is 0 Å². The Labute approximate surface area is 157 Å². The van der Waals surface area contributed by atoms with Crippen molar-refractivity contribution in [2.24, 2.45) is 0 Å². The second-order valence-corrected chi connectivity index (χ2v) is 6.69. The molecule has 1 amide bonds. The fraction of sp³-hybridized carbons (Fsp3) is 0.381. The molecule has 6 heteroatoms. The maximum Gasteiger partial charge on any atom is 0.230 e. The van der Waals surface area contributed by atoms with Crippen molar-refractivity contribution in [2.75, 3.05) is 26.9 Å². The van der Waals surface area contributed by atoms with E-state index in [0.717, 1.165) is 5.56 Å². The molecule has 4 nitrogen and oxygen atoms in total. The van der Waals surface area contributed by atoms with Crippen molar-refractivity contribution < 1.29 is 23.0 Å². The highest BCUT2D eigenvalue weighted by Gasteiger charge is 2.41. The van der Waals surface area contributed by atoms with Gasteiger partial charge < -0.3 is 14.8 Å². The van der Waals surface area contributed by atoms with Gasteiger partial charge in [-0.15, -0.1) is 0 Å². The third-order valence-electron chi connectivity index (χ3n) is 5.13. The summed E-state index contributed by atoms with van der Waals surface area (Å²) in [4.78, 5) is 13.1. The maximum atomic E-state index is 13.5. The number of halogens is 2. The van der Waals surface area contributed by atoms with Gasteiger partial charge in [0.05, 0.1) is 11.5 Å². The SMILES string of the molecule is COC(CNC(=O)C1(c2ccc(F)cc2)CCOCC1)c1cccc(F)c1. The molecule has 2 aromatic carbocycles. The lowest BCUT2D eigenvalue weighted by Crippen LogP contribution is -2.49. The highest BCUT2D eigenvalue weighted by atomic mass is 19.1. The van der Waals surface area contributed by atoms with E-state index in [-0.39, 0.29) is 24.1 Å². The van der Waals surface area contributed by atoms with Crippen molar-refractivity contribution in [2.45, 2.75) is 24.4 Å². The van der Waals surface area contributed by atoms with Crippen LogP contribution in [-0.4, -0.2) is 32.8 Å². The predicted molar refractivity (Wildman–Crippen MR) is 97.3 cm³/mol. The Bertz CT molecular complexity index is 773. The summed E-state index contributed by atoms with van der Waals surface area (Å²) in [5.41, 5.74) is 0.650. The first-order valence-electron chi connectivity index (χ1n) is 8.95. The van der Waals surface area contributed by atoms with Gasteiger partial charge in [0.2, 0.25) is 5.91 Å². The third-order valence-corrected chi connectivity index (χ3v) is 5.13. The largest absolute Gasteiger partial charge is 0.381 e. The first kappa shape index (κ1) is 19.5. The molecular formula is C21H23F2NO3. The lowest BCUT2D eigenvalue weighted by molar-refractivity contribution is -0.131. The monoisotopic (exact) mass is 375 g/mol. The van der Waals surface area contributed by atoms with Crippen molar-refractivity contribution in [1.82, 2.24) is 5.32 Å². The van der Waals surface area contributed by atoms with E-state index < -0.39 is 11.5 Å². The fourth-order valence-corrected chi connectivity index (χ4v) is 3.53. The van der Waals surface area contributed by atoms with Gasteiger partial charge in [-0.2, -0.15) is 0 Å². The molecule has 0 aliphatic carbocycles. The molecule has 1 atom stereocenters. The van der Waals surface area contributed by atoms with Crippen LogP contribution in [0.15, 0.2) is 48.5 Å². The van der Waals surface area contributed by atoms with E-state index in [1.807, 2.05) is 0 Å². The Morgan fingerprint density at radius 3 is 2.48 bits per heavy atom. The normalized spacial score (nSPS) is 17.3. The highest BCUT2D eigenvalue weighted by Crippen LogP contribution is 2.35. The first-order valence-corrected chi connectivity index (χ1v) is 8.95. The van der Waals surface area contributed by atoms with Gasteiger partial charge in [-0.3, -0.25) is 4.79 Å².